The Morgan fingerprint density at radius 1 is 1.08 bits per heavy atom. The van der Waals surface area contributed by atoms with Crippen molar-refractivity contribution in [2.24, 2.45) is 11.8 Å². The van der Waals surface area contributed by atoms with Crippen LogP contribution in [0.25, 0.3) is 0 Å². The van der Waals surface area contributed by atoms with Gasteiger partial charge in [-0.25, -0.2) is 0 Å². The summed E-state index contributed by atoms with van der Waals surface area (Å²) in [4.78, 5) is 29.4. The molecule has 3 aliphatic rings. The van der Waals surface area contributed by atoms with Crippen molar-refractivity contribution in [2.45, 2.75) is 76.0 Å². The first kappa shape index (κ1) is 35.1. The van der Waals surface area contributed by atoms with Gasteiger partial charge in [-0.3, -0.25) is 9.59 Å². The van der Waals surface area contributed by atoms with Gasteiger partial charge in [0.05, 0.1) is 39.9 Å². The molecule has 3 N–H and O–H groups in total. The molecule has 10 heteroatoms. The summed E-state index contributed by atoms with van der Waals surface area (Å²) in [6, 6.07) is 22.0. The van der Waals surface area contributed by atoms with Gasteiger partial charge in [-0.1, -0.05) is 61.6 Å². The van der Waals surface area contributed by atoms with Crippen LogP contribution in [0.3, 0.4) is 0 Å². The SMILES string of the molecule is COc1ccc([Si](C)(C)C(CC(=O)N2Cc3ccccc3C[C@H]2CO)[C@@H]2Oc3ccc(NC(=O)C4CCCNC4)cc3[C@H](OC)[C@H]2C)cc1. The minimum absolute atomic E-state index is 0.0242. The van der Waals surface area contributed by atoms with Gasteiger partial charge in [0.2, 0.25) is 11.8 Å². The summed E-state index contributed by atoms with van der Waals surface area (Å²) >= 11 is 0. The maximum Gasteiger partial charge on any atom is 0.228 e. The van der Waals surface area contributed by atoms with E-state index in [1.165, 1.54) is 10.8 Å². The monoisotopic (exact) mass is 685 g/mol. The van der Waals surface area contributed by atoms with Crippen LogP contribution in [0.4, 0.5) is 5.69 Å². The highest BCUT2D eigenvalue weighted by atomic mass is 28.3. The van der Waals surface area contributed by atoms with E-state index >= 15 is 0 Å². The predicted octanol–water partition coefficient (Wildman–Crippen LogP) is 5.04. The van der Waals surface area contributed by atoms with Crippen LogP contribution in [-0.2, 0) is 27.3 Å². The summed E-state index contributed by atoms with van der Waals surface area (Å²) in [6.45, 7) is 8.80. The third-order valence-electron chi connectivity index (χ3n) is 11.2. The van der Waals surface area contributed by atoms with E-state index in [1.54, 1.807) is 14.2 Å². The van der Waals surface area contributed by atoms with Crippen LogP contribution in [0, 0.1) is 11.8 Å². The number of nitrogens with zero attached hydrogens (tertiary/aromatic N) is 1. The highest BCUT2D eigenvalue weighted by Crippen LogP contribution is 2.48. The first-order chi connectivity index (χ1) is 23.6. The number of amides is 2. The number of rotatable bonds is 10. The average Bonchev–Trinajstić information content (AvgIpc) is 3.13. The largest absolute Gasteiger partial charge is 0.497 e. The zero-order valence-corrected chi connectivity index (χ0v) is 30.4. The molecule has 0 aromatic heterocycles. The number of carbonyl (C=O) groups is 2. The minimum Gasteiger partial charge on any atom is -0.497 e. The van der Waals surface area contributed by atoms with Crippen molar-refractivity contribution in [1.29, 1.82) is 0 Å². The topological polar surface area (TPSA) is 109 Å². The van der Waals surface area contributed by atoms with Crippen LogP contribution in [0.1, 0.15) is 49.0 Å². The Kier molecular flexibility index (Phi) is 10.8. The van der Waals surface area contributed by atoms with Gasteiger partial charge in [0, 0.05) is 49.3 Å². The predicted molar refractivity (Wildman–Crippen MR) is 194 cm³/mol. The van der Waals surface area contributed by atoms with Crippen molar-refractivity contribution < 1.29 is 28.9 Å². The molecule has 2 unspecified atom stereocenters. The lowest BCUT2D eigenvalue weighted by atomic mass is 9.86. The summed E-state index contributed by atoms with van der Waals surface area (Å²) in [6.07, 6.45) is 2.17. The molecule has 0 radical (unpaired) electrons. The molecule has 9 nitrogen and oxygen atoms in total. The number of hydrogen-bond acceptors (Lipinski definition) is 7. The average molecular weight is 686 g/mol. The van der Waals surface area contributed by atoms with Crippen molar-refractivity contribution >= 4 is 30.8 Å². The van der Waals surface area contributed by atoms with E-state index in [0.29, 0.717) is 25.3 Å². The van der Waals surface area contributed by atoms with Crippen molar-refractivity contribution in [1.82, 2.24) is 10.2 Å². The fourth-order valence-electron chi connectivity index (χ4n) is 8.14. The molecule has 3 aromatic rings. The first-order valence-corrected chi connectivity index (χ1v) is 20.7. The molecular weight excluding hydrogens is 635 g/mol. The van der Waals surface area contributed by atoms with Gasteiger partial charge in [0.25, 0.3) is 0 Å². The van der Waals surface area contributed by atoms with Gasteiger partial charge in [-0.2, -0.15) is 0 Å². The van der Waals surface area contributed by atoms with Crippen LogP contribution in [0.2, 0.25) is 18.6 Å². The van der Waals surface area contributed by atoms with Gasteiger partial charge in [0.1, 0.15) is 17.6 Å². The number of benzene rings is 3. The number of anilines is 1. The van der Waals surface area contributed by atoms with Crippen molar-refractivity contribution in [3.63, 3.8) is 0 Å². The normalized spacial score (nSPS) is 24.2. The van der Waals surface area contributed by atoms with E-state index in [4.69, 9.17) is 14.2 Å². The van der Waals surface area contributed by atoms with Gasteiger partial charge in [-0.05, 0) is 67.3 Å². The maximum absolute atomic E-state index is 14.5. The number of carbonyl (C=O) groups excluding carboxylic acids is 2. The number of piperidine rings is 1. The van der Waals surface area contributed by atoms with Crippen molar-refractivity contribution in [2.75, 3.05) is 39.2 Å². The molecule has 1 fully saturated rings. The van der Waals surface area contributed by atoms with E-state index < -0.39 is 8.07 Å². The number of methoxy groups -OCH3 is 2. The fraction of sp³-hybridized carbons (Fsp3) is 0.487. The number of aliphatic hydroxyl groups excluding tert-OH is 1. The summed E-state index contributed by atoms with van der Waals surface area (Å²) < 4.78 is 18.6. The number of aliphatic hydroxyl groups is 1. The Bertz CT molecular complexity index is 1630. The summed E-state index contributed by atoms with van der Waals surface area (Å²) in [5.41, 5.74) is 3.81. The summed E-state index contributed by atoms with van der Waals surface area (Å²) in [5.74, 6) is 1.41. The third-order valence-corrected chi connectivity index (χ3v) is 15.4. The van der Waals surface area contributed by atoms with Crippen LogP contribution >= 0.6 is 0 Å². The second-order valence-electron chi connectivity index (χ2n) is 14.5. The zero-order chi connectivity index (χ0) is 34.7. The van der Waals surface area contributed by atoms with E-state index in [2.05, 4.69) is 54.9 Å². The van der Waals surface area contributed by atoms with Gasteiger partial charge < -0.3 is 34.9 Å². The van der Waals surface area contributed by atoms with Crippen LogP contribution in [0.5, 0.6) is 11.5 Å². The quantitative estimate of drug-likeness (QED) is 0.257. The Morgan fingerprint density at radius 2 is 1.84 bits per heavy atom. The maximum atomic E-state index is 14.5. The third kappa shape index (κ3) is 7.29. The van der Waals surface area contributed by atoms with Gasteiger partial charge in [0.15, 0.2) is 0 Å². The molecule has 3 heterocycles. The number of nitrogens with one attached hydrogen (secondary N) is 2. The van der Waals surface area contributed by atoms with Crippen molar-refractivity contribution in [3.05, 3.63) is 83.4 Å². The lowest BCUT2D eigenvalue weighted by Gasteiger charge is -2.46. The number of fused-ring (bicyclic) bond motifs is 2. The van der Waals surface area contributed by atoms with E-state index in [0.717, 1.165) is 42.0 Å². The van der Waals surface area contributed by atoms with E-state index in [-0.39, 0.29) is 60.5 Å². The van der Waals surface area contributed by atoms with E-state index in [9.17, 15) is 14.7 Å². The molecule has 3 aliphatic heterocycles. The highest BCUT2D eigenvalue weighted by molar-refractivity contribution is 6.91. The number of ether oxygens (including phenoxy) is 3. The van der Waals surface area contributed by atoms with Gasteiger partial charge >= 0.3 is 0 Å². The minimum atomic E-state index is -2.43. The standard InChI is InChI=1S/C39H51N3O6Si/c1-25-37(47-3)33-20-29(41-39(45)27-11-8-18-40-22-27)12-17-34(33)48-38(25)35(49(4,5)32-15-13-31(46-2)14-16-32)21-36(44)42-23-28-10-7-6-9-26(28)19-30(42)24-43/h6-7,9-10,12-17,20,25,27,30,35,37-38,40,43H,8,11,18-19,21-24H2,1-5H3,(H,41,45)/t25-,27?,30+,35?,37-,38-/m1/s1. The van der Waals surface area contributed by atoms with Gasteiger partial charge in [-0.15, -0.1) is 0 Å². The highest BCUT2D eigenvalue weighted by Gasteiger charge is 2.49. The summed E-state index contributed by atoms with van der Waals surface area (Å²) in [7, 11) is 0.953. The first-order valence-electron chi connectivity index (χ1n) is 17.6. The molecule has 0 saturated carbocycles. The Balaban J connectivity index is 1.32. The molecule has 6 rings (SSSR count). The van der Waals surface area contributed by atoms with Crippen LogP contribution < -0.4 is 25.3 Å². The Morgan fingerprint density at radius 3 is 2.51 bits per heavy atom. The molecule has 0 bridgehead atoms. The zero-order valence-electron chi connectivity index (χ0n) is 29.4. The lowest BCUT2D eigenvalue weighted by Crippen LogP contribution is -2.56. The lowest BCUT2D eigenvalue weighted by molar-refractivity contribution is -0.136. The second kappa shape index (κ2) is 15.0. The van der Waals surface area contributed by atoms with E-state index in [1.807, 2.05) is 47.4 Å². The molecule has 262 valence electrons. The molecular formula is C39H51N3O6Si. The fourth-order valence-corrected chi connectivity index (χ4v) is 11.5. The molecule has 3 aromatic carbocycles. The molecule has 6 atom stereocenters. The molecule has 0 spiro atoms. The summed E-state index contributed by atoms with van der Waals surface area (Å²) in [5, 5.41) is 18.1. The second-order valence-corrected chi connectivity index (χ2v) is 19.2. The Hall–Kier alpha value is -3.70. The smallest absolute Gasteiger partial charge is 0.228 e. The van der Waals surface area contributed by atoms with Crippen LogP contribution in [-0.4, -0.2) is 76.0 Å². The van der Waals surface area contributed by atoms with Crippen LogP contribution in [0.15, 0.2) is 66.7 Å². The number of hydrogen-bond donors (Lipinski definition) is 3. The molecule has 1 saturated heterocycles. The van der Waals surface area contributed by atoms with Crippen molar-refractivity contribution in [3.8, 4) is 11.5 Å². The molecule has 2 amide bonds. The molecule has 0 aliphatic carbocycles. The molecule has 49 heavy (non-hydrogen) atoms. The Labute approximate surface area is 291 Å².